The van der Waals surface area contributed by atoms with E-state index in [1.807, 2.05) is 24.4 Å². The Morgan fingerprint density at radius 3 is 2.73 bits per heavy atom. The van der Waals surface area contributed by atoms with Gasteiger partial charge in [-0.05, 0) is 26.0 Å². The summed E-state index contributed by atoms with van der Waals surface area (Å²) in [5.41, 5.74) is 1.45. The van der Waals surface area contributed by atoms with E-state index in [1.165, 1.54) is 23.1 Å². The first-order chi connectivity index (χ1) is 14.4. The minimum Gasteiger partial charge on any atom is -0.495 e. The number of carbonyl (C=O) groups is 2. The molecule has 0 fully saturated rings. The molecule has 9 nitrogen and oxygen atoms in total. The van der Waals surface area contributed by atoms with Crippen molar-refractivity contribution in [1.82, 2.24) is 19.7 Å². The van der Waals surface area contributed by atoms with Crippen molar-refractivity contribution in [2.45, 2.75) is 30.7 Å². The van der Waals surface area contributed by atoms with E-state index < -0.39 is 5.25 Å². The quantitative estimate of drug-likeness (QED) is 0.512. The van der Waals surface area contributed by atoms with Gasteiger partial charge in [-0.2, -0.15) is 0 Å². The molecule has 0 bridgehead atoms. The Bertz CT molecular complexity index is 1050. The van der Waals surface area contributed by atoms with Crippen LogP contribution in [0.15, 0.2) is 34.8 Å². The van der Waals surface area contributed by atoms with Crippen LogP contribution in [0, 0.1) is 6.92 Å². The molecular weight excluding hydrogens is 424 g/mol. The normalized spacial score (nSPS) is 11.7. The number of anilines is 2. The smallest absolute Gasteiger partial charge is 0.239 e. The Labute approximate surface area is 182 Å². The number of aryl methyl sites for hydroxylation is 1. The molecule has 158 valence electrons. The summed E-state index contributed by atoms with van der Waals surface area (Å²) in [5.74, 6) is 0.660. The molecule has 2 amide bonds. The zero-order valence-electron chi connectivity index (χ0n) is 17.0. The lowest BCUT2D eigenvalue weighted by Crippen LogP contribution is -2.23. The molecule has 11 heteroatoms. The summed E-state index contributed by atoms with van der Waals surface area (Å²) in [6.07, 6.45) is 0.0427. The monoisotopic (exact) mass is 446 g/mol. The predicted molar refractivity (Wildman–Crippen MR) is 117 cm³/mol. The number of hydrogen-bond donors (Lipinski definition) is 2. The molecule has 2 N–H and O–H groups in total. The molecular formula is C19H22N6O3S2. The van der Waals surface area contributed by atoms with Gasteiger partial charge in [-0.3, -0.25) is 9.59 Å². The molecule has 0 unspecified atom stereocenters. The van der Waals surface area contributed by atoms with Crippen LogP contribution in [0.5, 0.6) is 5.75 Å². The van der Waals surface area contributed by atoms with Crippen LogP contribution in [0.1, 0.15) is 18.4 Å². The van der Waals surface area contributed by atoms with Gasteiger partial charge >= 0.3 is 0 Å². The fourth-order valence-corrected chi connectivity index (χ4v) is 4.04. The number of amides is 2. The zero-order valence-corrected chi connectivity index (χ0v) is 18.6. The topological polar surface area (TPSA) is 111 Å². The molecule has 3 rings (SSSR count). The zero-order chi connectivity index (χ0) is 21.7. The number of aromatic nitrogens is 4. The maximum absolute atomic E-state index is 12.4. The van der Waals surface area contributed by atoms with E-state index in [-0.39, 0.29) is 18.2 Å². The average Bonchev–Trinajstić information content (AvgIpc) is 3.28. The number of nitrogens with zero attached hydrogens (tertiary/aromatic N) is 4. The van der Waals surface area contributed by atoms with Crippen molar-refractivity contribution in [2.75, 3.05) is 17.7 Å². The van der Waals surface area contributed by atoms with Gasteiger partial charge in [-0.15, -0.1) is 21.5 Å². The van der Waals surface area contributed by atoms with Crippen molar-refractivity contribution >= 4 is 45.7 Å². The van der Waals surface area contributed by atoms with Crippen LogP contribution in [0.2, 0.25) is 0 Å². The summed E-state index contributed by atoms with van der Waals surface area (Å²) in [5, 5.41) is 16.4. The molecule has 0 aliphatic carbocycles. The fraction of sp³-hybridized carbons (Fsp3) is 0.316. The Hall–Kier alpha value is -2.92. The molecule has 0 aliphatic heterocycles. The fourth-order valence-electron chi connectivity index (χ4n) is 2.52. The molecule has 0 radical (unpaired) electrons. The van der Waals surface area contributed by atoms with Crippen molar-refractivity contribution in [3.63, 3.8) is 0 Å². The standard InChI is InChI=1S/C19H22N6O3S2/c1-11-10-29-18(20-11)22-17(27)12(2)30-19-24-23-15(25(19)3)9-16(26)21-13-7-5-6-8-14(13)28-4/h5-8,10,12H,9H2,1-4H3,(H,21,26)(H,20,22,27)/t12-/m1/s1. The van der Waals surface area contributed by atoms with E-state index in [0.717, 1.165) is 5.69 Å². The van der Waals surface area contributed by atoms with Gasteiger partial charge in [-0.25, -0.2) is 4.98 Å². The molecule has 0 saturated heterocycles. The molecule has 30 heavy (non-hydrogen) atoms. The number of methoxy groups -OCH3 is 1. The number of benzene rings is 1. The van der Waals surface area contributed by atoms with E-state index in [1.54, 1.807) is 37.8 Å². The van der Waals surface area contributed by atoms with E-state index in [2.05, 4.69) is 25.8 Å². The SMILES string of the molecule is COc1ccccc1NC(=O)Cc1nnc(S[C@H](C)C(=O)Nc2nc(C)cs2)n1C. The number of hydrogen-bond acceptors (Lipinski definition) is 8. The molecule has 1 aromatic carbocycles. The second-order valence-corrected chi connectivity index (χ2v) is 8.59. The number of carbonyl (C=O) groups excluding carboxylic acids is 2. The number of rotatable bonds is 8. The maximum atomic E-state index is 12.4. The second kappa shape index (κ2) is 9.72. The Balaban J connectivity index is 1.59. The molecule has 0 saturated carbocycles. The van der Waals surface area contributed by atoms with Crippen LogP contribution in [-0.2, 0) is 23.1 Å². The van der Waals surface area contributed by atoms with Crippen molar-refractivity contribution in [1.29, 1.82) is 0 Å². The number of para-hydroxylation sites is 2. The Morgan fingerprint density at radius 2 is 2.03 bits per heavy atom. The molecule has 3 aromatic rings. The summed E-state index contributed by atoms with van der Waals surface area (Å²) in [7, 11) is 3.31. The van der Waals surface area contributed by atoms with Crippen LogP contribution >= 0.6 is 23.1 Å². The van der Waals surface area contributed by atoms with Gasteiger partial charge in [0.1, 0.15) is 11.6 Å². The van der Waals surface area contributed by atoms with Crippen LogP contribution in [0.25, 0.3) is 0 Å². The summed E-state index contributed by atoms with van der Waals surface area (Å²) < 4.78 is 6.95. The number of nitrogens with one attached hydrogen (secondary N) is 2. The minimum absolute atomic E-state index is 0.0427. The summed E-state index contributed by atoms with van der Waals surface area (Å²) in [6, 6.07) is 7.17. The number of thioether (sulfide) groups is 1. The van der Waals surface area contributed by atoms with Gasteiger partial charge in [-0.1, -0.05) is 23.9 Å². The van der Waals surface area contributed by atoms with Crippen LogP contribution in [0.3, 0.4) is 0 Å². The Kier molecular flexibility index (Phi) is 7.06. The van der Waals surface area contributed by atoms with Gasteiger partial charge in [0.25, 0.3) is 0 Å². The molecule has 2 aromatic heterocycles. The third-order valence-electron chi connectivity index (χ3n) is 4.13. The Morgan fingerprint density at radius 1 is 1.27 bits per heavy atom. The first-order valence-electron chi connectivity index (χ1n) is 9.08. The summed E-state index contributed by atoms with van der Waals surface area (Å²) in [6.45, 7) is 3.65. The summed E-state index contributed by atoms with van der Waals surface area (Å²) in [4.78, 5) is 29.0. The third kappa shape index (κ3) is 5.36. The highest BCUT2D eigenvalue weighted by Crippen LogP contribution is 2.25. The minimum atomic E-state index is -0.410. The lowest BCUT2D eigenvalue weighted by atomic mass is 10.2. The second-order valence-electron chi connectivity index (χ2n) is 6.43. The van der Waals surface area contributed by atoms with Crippen LogP contribution < -0.4 is 15.4 Å². The average molecular weight is 447 g/mol. The third-order valence-corrected chi connectivity index (χ3v) is 6.13. The van der Waals surface area contributed by atoms with Crippen molar-refractivity contribution in [2.24, 2.45) is 7.05 Å². The van der Waals surface area contributed by atoms with Gasteiger partial charge in [0.05, 0.1) is 30.2 Å². The first kappa shape index (κ1) is 21.8. The molecule has 0 aliphatic rings. The van der Waals surface area contributed by atoms with Gasteiger partial charge < -0.3 is 19.9 Å². The maximum Gasteiger partial charge on any atom is 0.239 e. The van der Waals surface area contributed by atoms with Crippen LogP contribution in [0.4, 0.5) is 10.8 Å². The van der Waals surface area contributed by atoms with Gasteiger partial charge in [0.2, 0.25) is 11.8 Å². The molecule has 1 atom stereocenters. The predicted octanol–water partition coefficient (Wildman–Crippen LogP) is 2.89. The number of ether oxygens (including phenoxy) is 1. The highest BCUT2D eigenvalue weighted by molar-refractivity contribution is 8.00. The van der Waals surface area contributed by atoms with E-state index in [9.17, 15) is 9.59 Å². The largest absolute Gasteiger partial charge is 0.495 e. The number of thiazole rings is 1. The summed E-state index contributed by atoms with van der Waals surface area (Å²) >= 11 is 2.64. The van der Waals surface area contributed by atoms with Crippen molar-refractivity contribution in [3.05, 3.63) is 41.2 Å². The van der Waals surface area contributed by atoms with Gasteiger partial charge in [0, 0.05) is 12.4 Å². The van der Waals surface area contributed by atoms with Crippen molar-refractivity contribution in [3.8, 4) is 5.75 Å². The van der Waals surface area contributed by atoms with E-state index in [0.29, 0.717) is 27.5 Å². The van der Waals surface area contributed by atoms with Crippen molar-refractivity contribution < 1.29 is 14.3 Å². The molecule has 0 spiro atoms. The lowest BCUT2D eigenvalue weighted by Gasteiger charge is -2.11. The lowest BCUT2D eigenvalue weighted by molar-refractivity contribution is -0.116. The van der Waals surface area contributed by atoms with E-state index >= 15 is 0 Å². The van der Waals surface area contributed by atoms with Gasteiger partial charge in [0.15, 0.2) is 10.3 Å². The first-order valence-corrected chi connectivity index (χ1v) is 10.8. The highest BCUT2D eigenvalue weighted by atomic mass is 32.2. The highest BCUT2D eigenvalue weighted by Gasteiger charge is 2.21. The molecule has 2 heterocycles. The van der Waals surface area contributed by atoms with E-state index in [4.69, 9.17) is 4.74 Å². The van der Waals surface area contributed by atoms with Crippen LogP contribution in [-0.4, -0.2) is 43.9 Å².